The third-order valence-corrected chi connectivity index (χ3v) is 6.31. The second-order valence-electron chi connectivity index (χ2n) is 6.94. The van der Waals surface area contributed by atoms with E-state index < -0.39 is 0 Å². The first kappa shape index (κ1) is 21.2. The number of ether oxygens (including phenoxy) is 1. The van der Waals surface area contributed by atoms with Gasteiger partial charge in [0.15, 0.2) is 0 Å². The number of methoxy groups -OCH3 is 1. The fourth-order valence-electron chi connectivity index (χ4n) is 3.42. The van der Waals surface area contributed by atoms with E-state index in [1.165, 1.54) is 0 Å². The lowest BCUT2D eigenvalue weighted by molar-refractivity contribution is -0.129. The molecule has 0 saturated heterocycles. The Hall–Kier alpha value is -2.51. The highest BCUT2D eigenvalue weighted by atomic mass is 32.2. The van der Waals surface area contributed by atoms with Gasteiger partial charge in [0.1, 0.15) is 5.75 Å². The number of benzene rings is 2. The van der Waals surface area contributed by atoms with Gasteiger partial charge in [-0.15, -0.1) is 11.8 Å². The van der Waals surface area contributed by atoms with Crippen LogP contribution in [0.5, 0.6) is 5.75 Å². The molecule has 2 aromatic rings. The van der Waals surface area contributed by atoms with Gasteiger partial charge >= 0.3 is 0 Å². The molecule has 2 N–H and O–H groups in total. The van der Waals surface area contributed by atoms with Crippen LogP contribution in [0.4, 0.5) is 5.69 Å². The number of unbranched alkanes of at least 4 members (excludes halogenated alkanes) is 2. The van der Waals surface area contributed by atoms with Gasteiger partial charge in [-0.25, -0.2) is 5.48 Å². The topological polar surface area (TPSA) is 78.9 Å². The fraction of sp³-hybridized carbons (Fsp3) is 0.364. The van der Waals surface area contributed by atoms with Crippen LogP contribution in [-0.4, -0.2) is 30.7 Å². The van der Waals surface area contributed by atoms with E-state index >= 15 is 0 Å². The minimum absolute atomic E-state index is 0.0489. The maximum Gasteiger partial charge on any atom is 0.243 e. The molecule has 1 atom stereocenters. The molecule has 29 heavy (non-hydrogen) atoms. The molecule has 0 spiro atoms. The SMILES string of the molecule is COc1ccc(C2CC(=O)N(CCCCCC(=O)NO)c3ccccc3S2)cc1. The van der Waals surface area contributed by atoms with Gasteiger partial charge in [-0.2, -0.15) is 0 Å². The number of amides is 2. The first-order chi connectivity index (χ1) is 14.1. The third-order valence-electron chi connectivity index (χ3n) is 4.98. The van der Waals surface area contributed by atoms with E-state index in [1.54, 1.807) is 24.4 Å². The number of rotatable bonds is 8. The predicted molar refractivity (Wildman–Crippen MR) is 113 cm³/mol. The molecular formula is C22H26N2O4S. The van der Waals surface area contributed by atoms with Crippen LogP contribution in [0.1, 0.15) is 42.9 Å². The molecule has 7 heteroatoms. The minimum Gasteiger partial charge on any atom is -0.497 e. The van der Waals surface area contributed by atoms with Crippen LogP contribution in [-0.2, 0) is 9.59 Å². The van der Waals surface area contributed by atoms with Gasteiger partial charge in [-0.05, 0) is 42.7 Å². The van der Waals surface area contributed by atoms with Crippen molar-refractivity contribution < 1.29 is 19.5 Å². The molecule has 0 aromatic heterocycles. The quantitative estimate of drug-likeness (QED) is 0.382. The summed E-state index contributed by atoms with van der Waals surface area (Å²) in [5.74, 6) is 0.534. The number of anilines is 1. The zero-order valence-corrected chi connectivity index (χ0v) is 17.3. The molecule has 1 heterocycles. The molecule has 6 nitrogen and oxygen atoms in total. The summed E-state index contributed by atoms with van der Waals surface area (Å²) in [5.41, 5.74) is 3.70. The lowest BCUT2D eigenvalue weighted by Gasteiger charge is -2.22. The summed E-state index contributed by atoms with van der Waals surface area (Å²) in [7, 11) is 1.64. The van der Waals surface area contributed by atoms with Crippen LogP contribution in [0.15, 0.2) is 53.4 Å². The van der Waals surface area contributed by atoms with Crippen molar-refractivity contribution in [1.29, 1.82) is 0 Å². The number of hydrogen-bond acceptors (Lipinski definition) is 5. The van der Waals surface area contributed by atoms with Crippen molar-refractivity contribution >= 4 is 29.3 Å². The van der Waals surface area contributed by atoms with E-state index in [4.69, 9.17) is 9.94 Å². The summed E-state index contributed by atoms with van der Waals surface area (Å²) in [6.07, 6.45) is 3.01. The monoisotopic (exact) mass is 414 g/mol. The summed E-state index contributed by atoms with van der Waals surface area (Å²) in [6, 6.07) is 15.9. The van der Waals surface area contributed by atoms with E-state index in [0.717, 1.165) is 34.7 Å². The van der Waals surface area contributed by atoms with Gasteiger partial charge in [-0.3, -0.25) is 14.8 Å². The maximum atomic E-state index is 13.1. The number of nitrogens with one attached hydrogen (secondary N) is 1. The summed E-state index contributed by atoms with van der Waals surface area (Å²) in [4.78, 5) is 27.2. The Balaban J connectivity index is 1.71. The number of carbonyl (C=O) groups excluding carboxylic acids is 2. The standard InChI is InChI=1S/C22H26N2O4S/c1-28-17-12-10-16(11-13-17)20-15-22(26)24(14-6-2-3-9-21(25)23-27)18-7-4-5-8-19(18)29-20/h4-5,7-8,10-13,20,27H,2-3,6,9,14-15H2,1H3,(H,23,25). The number of carbonyl (C=O) groups is 2. The lowest BCUT2D eigenvalue weighted by Crippen LogP contribution is -2.31. The van der Waals surface area contributed by atoms with Crippen molar-refractivity contribution in [1.82, 2.24) is 5.48 Å². The average Bonchev–Trinajstić information content (AvgIpc) is 2.89. The average molecular weight is 415 g/mol. The minimum atomic E-state index is -0.375. The molecule has 0 radical (unpaired) electrons. The second-order valence-corrected chi connectivity index (χ2v) is 8.19. The van der Waals surface area contributed by atoms with Crippen LogP contribution in [0.3, 0.4) is 0 Å². The van der Waals surface area contributed by atoms with Crippen molar-refractivity contribution in [3.05, 3.63) is 54.1 Å². The van der Waals surface area contributed by atoms with Crippen LogP contribution in [0.2, 0.25) is 0 Å². The number of para-hydroxylation sites is 1. The number of hydrogen-bond donors (Lipinski definition) is 2. The third kappa shape index (κ3) is 5.52. The van der Waals surface area contributed by atoms with Crippen LogP contribution in [0.25, 0.3) is 0 Å². The second kappa shape index (κ2) is 10.3. The Bertz CT molecular complexity index is 841. The van der Waals surface area contributed by atoms with Gasteiger partial charge in [0, 0.05) is 29.5 Å². The van der Waals surface area contributed by atoms with Gasteiger partial charge < -0.3 is 9.64 Å². The normalized spacial score (nSPS) is 16.1. The van der Waals surface area contributed by atoms with Crippen LogP contribution < -0.4 is 15.1 Å². The Kier molecular flexibility index (Phi) is 7.55. The Morgan fingerprint density at radius 2 is 1.93 bits per heavy atom. The largest absolute Gasteiger partial charge is 0.497 e. The molecular weight excluding hydrogens is 388 g/mol. The number of thioether (sulfide) groups is 1. The zero-order chi connectivity index (χ0) is 20.6. The molecule has 1 aliphatic heterocycles. The predicted octanol–water partition coefficient (Wildman–Crippen LogP) is 4.33. The number of fused-ring (bicyclic) bond motifs is 1. The van der Waals surface area contributed by atoms with Gasteiger partial charge in [-0.1, -0.05) is 30.7 Å². The first-order valence-corrected chi connectivity index (χ1v) is 10.6. The van der Waals surface area contributed by atoms with Gasteiger partial charge in [0.25, 0.3) is 0 Å². The molecule has 1 unspecified atom stereocenters. The molecule has 1 aliphatic rings. The molecule has 0 bridgehead atoms. The first-order valence-electron chi connectivity index (χ1n) is 9.75. The molecule has 2 amide bonds. The molecule has 154 valence electrons. The molecule has 0 aliphatic carbocycles. The van der Waals surface area contributed by atoms with E-state index in [9.17, 15) is 9.59 Å². The van der Waals surface area contributed by atoms with Crippen molar-refractivity contribution in [2.75, 3.05) is 18.6 Å². The highest BCUT2D eigenvalue weighted by Crippen LogP contribution is 2.45. The smallest absolute Gasteiger partial charge is 0.243 e. The lowest BCUT2D eigenvalue weighted by atomic mass is 10.1. The van der Waals surface area contributed by atoms with E-state index in [2.05, 4.69) is 6.07 Å². The van der Waals surface area contributed by atoms with Crippen LogP contribution >= 0.6 is 11.8 Å². The Labute approximate surface area is 175 Å². The summed E-state index contributed by atoms with van der Waals surface area (Å²) >= 11 is 1.72. The van der Waals surface area contributed by atoms with Crippen molar-refractivity contribution in [3.8, 4) is 5.75 Å². The van der Waals surface area contributed by atoms with E-state index in [-0.39, 0.29) is 23.5 Å². The highest BCUT2D eigenvalue weighted by Gasteiger charge is 2.28. The van der Waals surface area contributed by atoms with Gasteiger partial charge in [0.2, 0.25) is 11.8 Å². The zero-order valence-electron chi connectivity index (χ0n) is 16.5. The molecule has 2 aromatic carbocycles. The van der Waals surface area contributed by atoms with Crippen LogP contribution in [0, 0.1) is 0 Å². The van der Waals surface area contributed by atoms with Gasteiger partial charge in [0.05, 0.1) is 12.8 Å². The summed E-state index contributed by atoms with van der Waals surface area (Å²) in [6.45, 7) is 0.618. The van der Waals surface area contributed by atoms with Crippen molar-refractivity contribution in [2.24, 2.45) is 0 Å². The Morgan fingerprint density at radius 3 is 2.66 bits per heavy atom. The number of hydroxylamine groups is 1. The highest BCUT2D eigenvalue weighted by molar-refractivity contribution is 7.99. The van der Waals surface area contributed by atoms with E-state index in [1.807, 2.05) is 47.4 Å². The summed E-state index contributed by atoms with van der Waals surface area (Å²) < 4.78 is 5.24. The molecule has 0 saturated carbocycles. The summed E-state index contributed by atoms with van der Waals surface area (Å²) in [5, 5.41) is 8.61. The maximum absolute atomic E-state index is 13.1. The van der Waals surface area contributed by atoms with Crippen molar-refractivity contribution in [2.45, 2.75) is 42.2 Å². The van der Waals surface area contributed by atoms with Crippen molar-refractivity contribution in [3.63, 3.8) is 0 Å². The number of nitrogens with zero attached hydrogens (tertiary/aromatic N) is 1. The Morgan fingerprint density at radius 1 is 1.17 bits per heavy atom. The molecule has 0 fully saturated rings. The molecule has 3 rings (SSSR count). The fourth-order valence-corrected chi connectivity index (χ4v) is 4.70. The van der Waals surface area contributed by atoms with E-state index in [0.29, 0.717) is 19.4 Å².